The Balaban J connectivity index is 1.35. The molecule has 4 aromatic rings. The molecule has 2 aromatic carbocycles. The minimum absolute atomic E-state index is 0.0221. The largest absolute Gasteiger partial charge is 0.497 e. The predicted molar refractivity (Wildman–Crippen MR) is 144 cm³/mol. The summed E-state index contributed by atoms with van der Waals surface area (Å²) in [6.07, 6.45) is 5.01. The van der Waals surface area contributed by atoms with Crippen molar-refractivity contribution in [3.63, 3.8) is 0 Å². The van der Waals surface area contributed by atoms with Crippen LogP contribution in [0.5, 0.6) is 5.75 Å². The van der Waals surface area contributed by atoms with Gasteiger partial charge < -0.3 is 10.1 Å². The Labute approximate surface area is 220 Å². The molecule has 0 aliphatic heterocycles. The van der Waals surface area contributed by atoms with Gasteiger partial charge in [0.05, 0.1) is 27.9 Å². The highest BCUT2D eigenvalue weighted by molar-refractivity contribution is 7.89. The number of carbonyl (C=O) groups is 1. The number of hydrogen-bond acceptors (Lipinski definition) is 7. The summed E-state index contributed by atoms with van der Waals surface area (Å²) >= 11 is 1.44. The third-order valence-electron chi connectivity index (χ3n) is 6.72. The fourth-order valence-corrected chi connectivity index (χ4v) is 6.99. The molecule has 1 aliphatic carbocycles. The van der Waals surface area contributed by atoms with Gasteiger partial charge in [0.2, 0.25) is 15.2 Å². The Kier molecular flexibility index (Phi) is 7.02. The van der Waals surface area contributed by atoms with E-state index in [-0.39, 0.29) is 16.8 Å². The van der Waals surface area contributed by atoms with E-state index >= 15 is 0 Å². The van der Waals surface area contributed by atoms with Gasteiger partial charge in [-0.05, 0) is 62.2 Å². The SMILES string of the molecule is COc1ccc2nc(-n3nc(C)cc3NC(=O)c3ccc(S(=O)(=O)N(C)C4CCCCC4)cc3)sc2c1. The zero-order valence-corrected chi connectivity index (χ0v) is 22.6. The van der Waals surface area contributed by atoms with Crippen LogP contribution in [0.4, 0.5) is 5.82 Å². The van der Waals surface area contributed by atoms with Crippen LogP contribution in [0, 0.1) is 6.92 Å². The number of benzene rings is 2. The molecule has 0 saturated heterocycles. The number of aromatic nitrogens is 3. The number of thiazole rings is 1. The van der Waals surface area contributed by atoms with Gasteiger partial charge in [-0.2, -0.15) is 14.1 Å². The van der Waals surface area contributed by atoms with Crippen molar-refractivity contribution in [3.05, 3.63) is 59.8 Å². The average Bonchev–Trinajstić information content (AvgIpc) is 3.50. The van der Waals surface area contributed by atoms with Crippen molar-refractivity contribution in [1.29, 1.82) is 0 Å². The lowest BCUT2D eigenvalue weighted by molar-refractivity contribution is 0.102. The van der Waals surface area contributed by atoms with E-state index < -0.39 is 10.0 Å². The zero-order chi connectivity index (χ0) is 26.2. The van der Waals surface area contributed by atoms with Crippen molar-refractivity contribution in [3.8, 4) is 10.9 Å². The van der Waals surface area contributed by atoms with Gasteiger partial charge in [-0.3, -0.25) is 4.79 Å². The highest BCUT2D eigenvalue weighted by Crippen LogP contribution is 2.30. The van der Waals surface area contributed by atoms with Crippen LogP contribution in [0.15, 0.2) is 53.4 Å². The van der Waals surface area contributed by atoms with Crippen LogP contribution >= 0.6 is 11.3 Å². The third kappa shape index (κ3) is 5.11. The Bertz CT molecular complexity index is 1540. The first-order valence-electron chi connectivity index (χ1n) is 12.2. The summed E-state index contributed by atoms with van der Waals surface area (Å²) in [7, 11) is -0.364. The maximum atomic E-state index is 13.1. The van der Waals surface area contributed by atoms with Crippen molar-refractivity contribution >= 4 is 43.3 Å². The monoisotopic (exact) mass is 539 g/mol. The van der Waals surface area contributed by atoms with E-state index in [0.717, 1.165) is 53.8 Å². The Morgan fingerprint density at radius 1 is 1.11 bits per heavy atom. The summed E-state index contributed by atoms with van der Waals surface area (Å²) in [4.78, 5) is 17.9. The second kappa shape index (κ2) is 10.2. The number of methoxy groups -OCH3 is 1. The van der Waals surface area contributed by atoms with Crippen LogP contribution in [0.1, 0.15) is 48.2 Å². The number of anilines is 1. The lowest BCUT2D eigenvalue weighted by atomic mass is 9.96. The summed E-state index contributed by atoms with van der Waals surface area (Å²) in [5.74, 6) is 0.846. The standard InChI is InChI=1S/C26H29N5O4S2/c1-17-15-24(31(29-17)26-27-22-14-11-20(35-3)16-23(22)36-26)28-25(32)18-9-12-21(13-10-18)37(33,34)30(2)19-7-5-4-6-8-19/h9-16,19H,4-8H2,1-3H3,(H,28,32). The highest BCUT2D eigenvalue weighted by atomic mass is 32.2. The number of fused-ring (bicyclic) bond motifs is 1. The first-order valence-corrected chi connectivity index (χ1v) is 14.4. The topological polar surface area (TPSA) is 106 Å². The van der Waals surface area contributed by atoms with E-state index in [0.29, 0.717) is 16.5 Å². The van der Waals surface area contributed by atoms with Crippen LogP contribution in [-0.4, -0.2) is 53.6 Å². The maximum absolute atomic E-state index is 13.1. The number of aryl methyl sites for hydroxylation is 1. The summed E-state index contributed by atoms with van der Waals surface area (Å²) in [5, 5.41) is 8.01. The maximum Gasteiger partial charge on any atom is 0.256 e. The number of hydrogen-bond donors (Lipinski definition) is 1. The second-order valence-corrected chi connectivity index (χ2v) is 12.2. The molecule has 0 spiro atoms. The molecule has 1 N–H and O–H groups in total. The molecular formula is C26H29N5O4S2. The number of carbonyl (C=O) groups excluding carboxylic acids is 1. The van der Waals surface area contributed by atoms with Crippen LogP contribution < -0.4 is 10.1 Å². The quantitative estimate of drug-likeness (QED) is 0.354. The molecule has 0 unspecified atom stereocenters. The molecular weight excluding hydrogens is 510 g/mol. The molecule has 0 bridgehead atoms. The molecule has 37 heavy (non-hydrogen) atoms. The second-order valence-electron chi connectivity index (χ2n) is 9.20. The van der Waals surface area contributed by atoms with Crippen LogP contribution in [0.3, 0.4) is 0 Å². The molecule has 11 heteroatoms. The lowest BCUT2D eigenvalue weighted by Crippen LogP contribution is -2.38. The Hall–Kier alpha value is -3.28. The molecule has 0 atom stereocenters. The zero-order valence-electron chi connectivity index (χ0n) is 21.0. The van der Waals surface area contributed by atoms with Gasteiger partial charge in [-0.15, -0.1) is 0 Å². The number of ether oxygens (including phenoxy) is 1. The third-order valence-corrected chi connectivity index (χ3v) is 9.64. The van der Waals surface area contributed by atoms with E-state index in [1.165, 1.54) is 39.9 Å². The molecule has 9 nitrogen and oxygen atoms in total. The Morgan fingerprint density at radius 3 is 2.54 bits per heavy atom. The summed E-state index contributed by atoms with van der Waals surface area (Å²) in [5.41, 5.74) is 1.87. The molecule has 1 amide bonds. The van der Waals surface area contributed by atoms with Gasteiger partial charge >= 0.3 is 0 Å². The number of nitrogens with zero attached hydrogens (tertiary/aromatic N) is 4. The molecule has 0 radical (unpaired) electrons. The number of sulfonamides is 1. The van der Waals surface area contributed by atoms with Gasteiger partial charge in [0.1, 0.15) is 11.6 Å². The highest BCUT2D eigenvalue weighted by Gasteiger charge is 2.29. The fourth-order valence-electron chi connectivity index (χ4n) is 4.62. The summed E-state index contributed by atoms with van der Waals surface area (Å²) in [6, 6.07) is 13.5. The lowest BCUT2D eigenvalue weighted by Gasteiger charge is -2.30. The van der Waals surface area contributed by atoms with Gasteiger partial charge in [-0.25, -0.2) is 13.4 Å². The molecule has 1 fully saturated rings. The van der Waals surface area contributed by atoms with Crippen molar-refractivity contribution < 1.29 is 17.9 Å². The average molecular weight is 540 g/mol. The van der Waals surface area contributed by atoms with Crippen molar-refractivity contribution in [1.82, 2.24) is 19.1 Å². The van der Waals surface area contributed by atoms with Crippen molar-refractivity contribution in [2.75, 3.05) is 19.5 Å². The normalized spacial score (nSPS) is 14.8. The van der Waals surface area contributed by atoms with Crippen molar-refractivity contribution in [2.24, 2.45) is 0 Å². The molecule has 2 heterocycles. The fraction of sp³-hybridized carbons (Fsp3) is 0.346. The number of rotatable bonds is 7. The van der Waals surface area contributed by atoms with E-state index in [4.69, 9.17) is 4.74 Å². The molecule has 5 rings (SSSR count). The number of amides is 1. The van der Waals surface area contributed by atoms with Gasteiger partial charge in [0, 0.05) is 24.7 Å². The van der Waals surface area contributed by atoms with Crippen LogP contribution in [0.25, 0.3) is 15.3 Å². The summed E-state index contributed by atoms with van der Waals surface area (Å²) in [6.45, 7) is 1.84. The van der Waals surface area contributed by atoms with Crippen LogP contribution in [0.2, 0.25) is 0 Å². The van der Waals surface area contributed by atoms with E-state index in [1.807, 2.05) is 25.1 Å². The molecule has 1 saturated carbocycles. The molecule has 2 aromatic heterocycles. The van der Waals surface area contributed by atoms with E-state index in [2.05, 4.69) is 15.4 Å². The predicted octanol–water partition coefficient (Wildman–Crippen LogP) is 5.00. The van der Waals surface area contributed by atoms with Gasteiger partial charge in [-0.1, -0.05) is 30.6 Å². The molecule has 1 aliphatic rings. The first kappa shape index (κ1) is 25.4. The number of nitrogens with one attached hydrogen (secondary N) is 1. The minimum Gasteiger partial charge on any atom is -0.497 e. The first-order chi connectivity index (χ1) is 17.8. The van der Waals surface area contributed by atoms with Gasteiger partial charge in [0.25, 0.3) is 5.91 Å². The van der Waals surface area contributed by atoms with Gasteiger partial charge in [0.15, 0.2) is 0 Å². The van der Waals surface area contributed by atoms with Crippen LogP contribution in [-0.2, 0) is 10.0 Å². The van der Waals surface area contributed by atoms with E-state index in [1.54, 1.807) is 24.9 Å². The van der Waals surface area contributed by atoms with E-state index in [9.17, 15) is 13.2 Å². The minimum atomic E-state index is -3.63. The Morgan fingerprint density at radius 2 is 1.84 bits per heavy atom. The smallest absolute Gasteiger partial charge is 0.256 e. The van der Waals surface area contributed by atoms with Crippen molar-refractivity contribution in [2.45, 2.75) is 50.0 Å². The molecule has 194 valence electrons. The summed E-state index contributed by atoms with van der Waals surface area (Å²) < 4.78 is 35.6.